The molecule has 3 atom stereocenters. The summed E-state index contributed by atoms with van der Waals surface area (Å²) in [5.41, 5.74) is 0. The van der Waals surface area contributed by atoms with E-state index in [2.05, 4.69) is 56.5 Å². The Kier molecular flexibility index (Phi) is 42.4. The average molecular weight is 907 g/mol. The fraction of sp³-hybridized carbons (Fsp3) is 0.811. The minimum atomic E-state index is -4.69. The molecule has 0 fully saturated rings. The molecule has 0 aromatic heterocycles. The third-order valence-electron chi connectivity index (χ3n) is 11.3. The first-order valence-corrected chi connectivity index (χ1v) is 27.4. The van der Waals surface area contributed by atoms with Crippen LogP contribution in [0, 0.1) is 0 Å². The van der Waals surface area contributed by atoms with Gasteiger partial charge in [0.25, 0.3) is 7.82 Å². The number of esters is 1. The highest BCUT2D eigenvalue weighted by Crippen LogP contribution is 2.38. The van der Waals surface area contributed by atoms with Crippen LogP contribution >= 0.6 is 7.82 Å². The molecule has 0 aliphatic heterocycles. The second-order valence-electron chi connectivity index (χ2n) is 18.7. The molecule has 0 bridgehead atoms. The van der Waals surface area contributed by atoms with Gasteiger partial charge in [-0.25, -0.2) is 0 Å². The van der Waals surface area contributed by atoms with Gasteiger partial charge >= 0.3 is 5.97 Å². The highest BCUT2D eigenvalue weighted by Gasteiger charge is 2.27. The molecule has 0 radical (unpaired) electrons. The predicted molar refractivity (Wildman–Crippen MR) is 266 cm³/mol. The first kappa shape index (κ1) is 61.0. The van der Waals surface area contributed by atoms with Gasteiger partial charge < -0.3 is 28.5 Å². The molecular weight excluding hydrogens is 808 g/mol. The summed E-state index contributed by atoms with van der Waals surface area (Å²) >= 11 is 0. The van der Waals surface area contributed by atoms with Crippen LogP contribution in [-0.4, -0.2) is 69.4 Å². The number of carbonyl (C=O) groups is 2. The molecule has 9 nitrogen and oxygen atoms in total. The molecule has 0 spiro atoms. The Morgan fingerprint density at radius 1 is 0.571 bits per heavy atom. The van der Waals surface area contributed by atoms with E-state index in [4.69, 9.17) is 13.8 Å². The minimum Gasteiger partial charge on any atom is -0.756 e. The normalized spacial score (nSPS) is 14.3. The summed E-state index contributed by atoms with van der Waals surface area (Å²) in [7, 11) is 1.17. The van der Waals surface area contributed by atoms with Gasteiger partial charge in [0.05, 0.1) is 33.8 Å². The van der Waals surface area contributed by atoms with Crippen LogP contribution in [0.1, 0.15) is 226 Å². The van der Waals surface area contributed by atoms with Crippen molar-refractivity contribution in [2.24, 2.45) is 0 Å². The SMILES string of the molecule is CC/C=C/C=C/C=C\CCCCCCCC(=O)NC(COP(=O)([O-])OCC[N+](C)(C)C)C(/C=C/CCCCCCCCCCCCC)OC(=O)CCCCCCCCCCCCC. The van der Waals surface area contributed by atoms with Gasteiger partial charge in [-0.1, -0.05) is 211 Å². The van der Waals surface area contributed by atoms with Gasteiger partial charge in [0, 0.05) is 12.8 Å². The standard InChI is InChI=1S/C53H99N2O7P/c1-7-10-13-16-19-22-25-27-30-32-35-38-41-44-51(62-53(57)46-43-40-37-34-29-24-21-18-15-12-9-3)50(49-61-63(58,59)60-48-47-55(4,5)6)54-52(56)45-42-39-36-33-31-28-26-23-20-17-14-11-8-2/h11,14,17,20,23,26,41,44,50-51H,7-10,12-13,15-16,18-19,21-22,24-25,27-40,42-43,45-49H2,1-6H3,(H-,54,56,58,59)/b14-11+,20-17+,26-23-,44-41+. The third-order valence-corrected chi connectivity index (χ3v) is 12.3. The summed E-state index contributed by atoms with van der Waals surface area (Å²) < 4.78 is 30.1. The highest BCUT2D eigenvalue weighted by atomic mass is 31.2. The maximum absolute atomic E-state index is 13.4. The highest BCUT2D eigenvalue weighted by molar-refractivity contribution is 7.45. The van der Waals surface area contributed by atoms with Crippen molar-refractivity contribution in [2.45, 2.75) is 238 Å². The van der Waals surface area contributed by atoms with Gasteiger partial charge in [-0.05, 0) is 51.0 Å². The summed E-state index contributed by atoms with van der Waals surface area (Å²) in [5.74, 6) is -0.564. The molecule has 1 N–H and O–H groups in total. The number of nitrogens with zero attached hydrogens (tertiary/aromatic N) is 1. The molecule has 63 heavy (non-hydrogen) atoms. The number of likely N-dealkylation sites (N-methyl/N-ethyl adjacent to an activating group) is 1. The van der Waals surface area contributed by atoms with E-state index < -0.39 is 26.6 Å². The topological polar surface area (TPSA) is 114 Å². The Hall–Kier alpha value is -2.03. The van der Waals surface area contributed by atoms with Crippen LogP contribution in [0.2, 0.25) is 0 Å². The number of phosphoric acid groups is 1. The molecule has 3 unspecified atom stereocenters. The number of nitrogens with one attached hydrogen (secondary N) is 1. The monoisotopic (exact) mass is 907 g/mol. The van der Waals surface area contributed by atoms with Crippen molar-refractivity contribution in [3.05, 3.63) is 48.6 Å². The number of amides is 1. The summed E-state index contributed by atoms with van der Waals surface area (Å²) in [4.78, 5) is 39.6. The van der Waals surface area contributed by atoms with Crippen molar-refractivity contribution >= 4 is 19.7 Å². The van der Waals surface area contributed by atoms with Crippen molar-refractivity contribution in [3.8, 4) is 0 Å². The summed E-state index contributed by atoms with van der Waals surface area (Å²) in [5, 5.41) is 3.00. The number of unbranched alkanes of at least 4 members (excludes halogenated alkanes) is 26. The first-order chi connectivity index (χ1) is 30.4. The van der Waals surface area contributed by atoms with Crippen molar-refractivity contribution in [1.29, 1.82) is 0 Å². The number of carbonyl (C=O) groups excluding carboxylic acids is 2. The fourth-order valence-electron chi connectivity index (χ4n) is 7.29. The number of phosphoric ester groups is 1. The van der Waals surface area contributed by atoms with Crippen LogP contribution in [0.25, 0.3) is 0 Å². The molecule has 368 valence electrons. The zero-order chi connectivity index (χ0) is 46.5. The molecule has 0 saturated heterocycles. The number of allylic oxidation sites excluding steroid dienone is 7. The minimum absolute atomic E-state index is 0.0263. The largest absolute Gasteiger partial charge is 0.756 e. The van der Waals surface area contributed by atoms with E-state index in [-0.39, 0.29) is 24.9 Å². The molecule has 0 saturated carbocycles. The second-order valence-corrected chi connectivity index (χ2v) is 20.1. The van der Waals surface area contributed by atoms with Crippen molar-refractivity contribution < 1.29 is 37.3 Å². The molecular formula is C53H99N2O7P. The first-order valence-electron chi connectivity index (χ1n) is 26.0. The lowest BCUT2D eigenvalue weighted by atomic mass is 10.0. The van der Waals surface area contributed by atoms with E-state index in [0.717, 1.165) is 77.0 Å². The predicted octanol–water partition coefficient (Wildman–Crippen LogP) is 14.4. The van der Waals surface area contributed by atoms with E-state index in [1.807, 2.05) is 39.4 Å². The molecule has 0 aromatic rings. The van der Waals surface area contributed by atoms with E-state index in [0.29, 0.717) is 23.9 Å². The number of ether oxygens (including phenoxy) is 1. The van der Waals surface area contributed by atoms with Gasteiger partial charge in [-0.2, -0.15) is 0 Å². The molecule has 0 aliphatic rings. The Balaban J connectivity index is 5.48. The fourth-order valence-corrected chi connectivity index (χ4v) is 8.01. The van der Waals surface area contributed by atoms with Gasteiger partial charge in [-0.3, -0.25) is 14.2 Å². The van der Waals surface area contributed by atoms with E-state index in [9.17, 15) is 19.0 Å². The van der Waals surface area contributed by atoms with Gasteiger partial charge in [-0.15, -0.1) is 0 Å². The average Bonchev–Trinajstić information content (AvgIpc) is 3.23. The van der Waals surface area contributed by atoms with Crippen LogP contribution in [0.3, 0.4) is 0 Å². The zero-order valence-corrected chi connectivity index (χ0v) is 42.7. The molecule has 1 amide bonds. The van der Waals surface area contributed by atoms with Crippen molar-refractivity contribution in [3.63, 3.8) is 0 Å². The number of rotatable bonds is 46. The van der Waals surface area contributed by atoms with E-state index >= 15 is 0 Å². The maximum Gasteiger partial charge on any atom is 0.306 e. The molecule has 0 aliphatic carbocycles. The maximum atomic E-state index is 13.4. The van der Waals surface area contributed by atoms with E-state index in [1.165, 1.54) is 109 Å². The Morgan fingerprint density at radius 3 is 1.51 bits per heavy atom. The third kappa shape index (κ3) is 44.9. The van der Waals surface area contributed by atoms with Gasteiger partial charge in [0.2, 0.25) is 5.91 Å². The van der Waals surface area contributed by atoms with Crippen LogP contribution in [0.4, 0.5) is 0 Å². The van der Waals surface area contributed by atoms with E-state index in [1.54, 1.807) is 0 Å². The second kappa shape index (κ2) is 43.8. The Labute approximate surface area is 388 Å². The van der Waals surface area contributed by atoms with Crippen LogP contribution in [0.5, 0.6) is 0 Å². The quantitative estimate of drug-likeness (QED) is 0.0162. The molecule has 0 heterocycles. The van der Waals surface area contributed by atoms with Crippen LogP contribution in [0.15, 0.2) is 48.6 Å². The summed E-state index contributed by atoms with van der Waals surface area (Å²) in [6.07, 6.45) is 50.7. The smallest absolute Gasteiger partial charge is 0.306 e. The van der Waals surface area contributed by atoms with Crippen molar-refractivity contribution in [2.75, 3.05) is 40.9 Å². The van der Waals surface area contributed by atoms with Crippen LogP contribution in [-0.2, 0) is 27.9 Å². The lowest BCUT2D eigenvalue weighted by Gasteiger charge is -2.30. The number of hydrogen-bond donors (Lipinski definition) is 1. The lowest BCUT2D eigenvalue weighted by molar-refractivity contribution is -0.870. The van der Waals surface area contributed by atoms with Crippen molar-refractivity contribution in [1.82, 2.24) is 5.32 Å². The zero-order valence-electron chi connectivity index (χ0n) is 41.8. The Morgan fingerprint density at radius 2 is 1.02 bits per heavy atom. The number of hydrogen-bond acceptors (Lipinski definition) is 7. The lowest BCUT2D eigenvalue weighted by Crippen LogP contribution is -2.47. The van der Waals surface area contributed by atoms with Crippen LogP contribution < -0.4 is 10.2 Å². The number of quaternary nitrogens is 1. The summed E-state index contributed by atoms with van der Waals surface area (Å²) in [6, 6.07) is -0.894. The Bertz CT molecular complexity index is 1230. The summed E-state index contributed by atoms with van der Waals surface area (Å²) in [6.45, 7) is 6.67. The molecule has 0 rings (SSSR count). The molecule has 0 aromatic carbocycles. The van der Waals surface area contributed by atoms with Gasteiger partial charge in [0.1, 0.15) is 19.3 Å². The molecule has 10 heteroatoms. The van der Waals surface area contributed by atoms with Gasteiger partial charge in [0.15, 0.2) is 0 Å².